The fourth-order valence-electron chi connectivity index (χ4n) is 3.10. The number of nitrogens with zero attached hydrogens (tertiary/aromatic N) is 3. The number of hydrogen-bond donors (Lipinski definition) is 0. The van der Waals surface area contributed by atoms with Gasteiger partial charge in [-0.2, -0.15) is 0 Å². The lowest BCUT2D eigenvalue weighted by Gasteiger charge is -2.18. The lowest BCUT2D eigenvalue weighted by atomic mass is 10.1. The van der Waals surface area contributed by atoms with Gasteiger partial charge in [0.15, 0.2) is 0 Å². The van der Waals surface area contributed by atoms with Gasteiger partial charge in [0, 0.05) is 37.1 Å². The Kier molecular flexibility index (Phi) is 6.09. The topological polar surface area (TPSA) is 55.2 Å². The van der Waals surface area contributed by atoms with Crippen molar-refractivity contribution in [2.45, 2.75) is 32.9 Å². The average Bonchev–Trinajstić information content (AvgIpc) is 2.67. The van der Waals surface area contributed by atoms with Gasteiger partial charge in [-0.1, -0.05) is 29.8 Å². The van der Waals surface area contributed by atoms with Crippen LogP contribution in [0.2, 0.25) is 5.02 Å². The van der Waals surface area contributed by atoms with Gasteiger partial charge in [0.25, 0.3) is 5.56 Å². The van der Waals surface area contributed by atoms with Gasteiger partial charge >= 0.3 is 0 Å². The van der Waals surface area contributed by atoms with Crippen LogP contribution in [-0.4, -0.2) is 27.4 Å². The zero-order valence-electron chi connectivity index (χ0n) is 15.8. The highest BCUT2D eigenvalue weighted by molar-refractivity contribution is 6.31. The Labute approximate surface area is 167 Å². The first kappa shape index (κ1) is 20.0. The predicted octanol–water partition coefficient (Wildman–Crippen LogP) is 3.94. The molecule has 3 aromatic rings. The second-order valence-electron chi connectivity index (χ2n) is 6.77. The maximum atomic E-state index is 13.9. The van der Waals surface area contributed by atoms with Gasteiger partial charge in [0.1, 0.15) is 5.82 Å². The lowest BCUT2D eigenvalue weighted by molar-refractivity contribution is -0.130. The number of hydrogen-bond acceptors (Lipinski definition) is 3. The summed E-state index contributed by atoms with van der Waals surface area (Å²) in [4.78, 5) is 30.7. The molecule has 0 saturated carbocycles. The van der Waals surface area contributed by atoms with Crippen LogP contribution in [0.15, 0.2) is 47.5 Å². The van der Waals surface area contributed by atoms with Gasteiger partial charge in [-0.05, 0) is 37.1 Å². The maximum Gasteiger partial charge on any atom is 0.261 e. The molecule has 146 valence electrons. The van der Waals surface area contributed by atoms with Crippen molar-refractivity contribution in [2.75, 3.05) is 7.05 Å². The summed E-state index contributed by atoms with van der Waals surface area (Å²) in [6.07, 6.45) is 2.24. The van der Waals surface area contributed by atoms with E-state index in [9.17, 15) is 14.0 Å². The van der Waals surface area contributed by atoms with Crippen LogP contribution in [0.5, 0.6) is 0 Å². The number of amides is 1. The maximum absolute atomic E-state index is 13.9. The van der Waals surface area contributed by atoms with Crippen LogP contribution in [0.25, 0.3) is 10.9 Å². The third-order valence-corrected chi connectivity index (χ3v) is 5.08. The summed E-state index contributed by atoms with van der Waals surface area (Å²) in [7, 11) is 1.61. The van der Waals surface area contributed by atoms with Gasteiger partial charge in [0.2, 0.25) is 5.91 Å². The first-order chi connectivity index (χ1) is 13.4. The van der Waals surface area contributed by atoms with Crippen molar-refractivity contribution in [3.63, 3.8) is 0 Å². The zero-order chi connectivity index (χ0) is 20.3. The molecule has 1 amide bonds. The summed E-state index contributed by atoms with van der Waals surface area (Å²) in [5.41, 5.74) is 1.82. The number of rotatable bonds is 6. The first-order valence-electron chi connectivity index (χ1n) is 9.00. The molecule has 0 spiro atoms. The third-order valence-electron chi connectivity index (χ3n) is 4.73. The highest BCUT2D eigenvalue weighted by Gasteiger charge is 2.14. The second-order valence-corrected chi connectivity index (χ2v) is 7.17. The molecule has 0 radical (unpaired) electrons. The molecule has 0 N–H and O–H groups in total. The Hall–Kier alpha value is -2.73. The van der Waals surface area contributed by atoms with E-state index in [0.29, 0.717) is 34.5 Å². The summed E-state index contributed by atoms with van der Waals surface area (Å²) >= 11 is 6.02. The van der Waals surface area contributed by atoms with Crippen molar-refractivity contribution in [1.82, 2.24) is 14.5 Å². The largest absolute Gasteiger partial charge is 0.341 e. The third kappa shape index (κ3) is 4.22. The number of carbonyl (C=O) groups excluding carboxylic acids is 1. The molecule has 1 heterocycles. The summed E-state index contributed by atoms with van der Waals surface area (Å²) in [5, 5.41) is 0.865. The van der Waals surface area contributed by atoms with E-state index in [1.54, 1.807) is 19.2 Å². The van der Waals surface area contributed by atoms with Gasteiger partial charge in [-0.3, -0.25) is 14.2 Å². The zero-order valence-corrected chi connectivity index (χ0v) is 16.5. The molecule has 0 aliphatic rings. The first-order valence-corrected chi connectivity index (χ1v) is 9.38. The highest BCUT2D eigenvalue weighted by Crippen LogP contribution is 2.20. The number of aryl methyl sites for hydroxylation is 2. The number of halogens is 2. The van der Waals surface area contributed by atoms with Crippen LogP contribution in [0.3, 0.4) is 0 Å². The summed E-state index contributed by atoms with van der Waals surface area (Å²) in [6.45, 7) is 2.40. The molecule has 2 aromatic carbocycles. The van der Waals surface area contributed by atoms with Crippen LogP contribution in [0.1, 0.15) is 24.0 Å². The smallest absolute Gasteiger partial charge is 0.261 e. The minimum atomic E-state index is -0.434. The molecule has 28 heavy (non-hydrogen) atoms. The number of aromatic nitrogens is 2. The quantitative estimate of drug-likeness (QED) is 0.628. The van der Waals surface area contributed by atoms with Crippen molar-refractivity contribution in [1.29, 1.82) is 0 Å². The predicted molar refractivity (Wildman–Crippen MR) is 108 cm³/mol. The van der Waals surface area contributed by atoms with Crippen LogP contribution >= 0.6 is 11.6 Å². The monoisotopic (exact) mass is 401 g/mol. The summed E-state index contributed by atoms with van der Waals surface area (Å²) in [6, 6.07) is 9.94. The van der Waals surface area contributed by atoms with Crippen molar-refractivity contribution < 1.29 is 9.18 Å². The Balaban J connectivity index is 1.62. The number of benzene rings is 2. The van der Waals surface area contributed by atoms with Crippen LogP contribution < -0.4 is 5.56 Å². The molecular formula is C21H21ClFN3O2. The van der Waals surface area contributed by atoms with Crippen LogP contribution in [0, 0.1) is 12.7 Å². The summed E-state index contributed by atoms with van der Waals surface area (Å²) in [5.74, 6) is -0.576. The Morgan fingerprint density at radius 2 is 2.00 bits per heavy atom. The molecule has 0 saturated heterocycles. The van der Waals surface area contributed by atoms with E-state index in [1.807, 2.05) is 19.1 Å². The van der Waals surface area contributed by atoms with Crippen molar-refractivity contribution >= 4 is 28.4 Å². The van der Waals surface area contributed by atoms with E-state index in [2.05, 4.69) is 4.98 Å². The molecule has 0 aliphatic carbocycles. The summed E-state index contributed by atoms with van der Waals surface area (Å²) < 4.78 is 15.4. The Bertz CT molecular complexity index is 1060. The molecule has 3 rings (SSSR count). The van der Waals surface area contributed by atoms with E-state index in [0.717, 1.165) is 5.56 Å². The SMILES string of the molecule is Cc1cccc2c(=O)n(CCCC(=O)N(C)Cc3c(F)cccc3Cl)cnc12. The van der Waals surface area contributed by atoms with E-state index in [1.165, 1.54) is 27.9 Å². The fraction of sp³-hybridized carbons (Fsp3) is 0.286. The minimum Gasteiger partial charge on any atom is -0.341 e. The molecule has 0 aliphatic heterocycles. The van der Waals surface area contributed by atoms with E-state index in [-0.39, 0.29) is 24.4 Å². The highest BCUT2D eigenvalue weighted by atomic mass is 35.5. The normalized spacial score (nSPS) is 11.0. The number of fused-ring (bicyclic) bond motifs is 1. The van der Waals surface area contributed by atoms with Crippen molar-refractivity contribution in [2.24, 2.45) is 0 Å². The van der Waals surface area contributed by atoms with Crippen molar-refractivity contribution in [3.05, 3.63) is 75.0 Å². The molecular weight excluding hydrogens is 381 g/mol. The minimum absolute atomic E-state index is 0.0983. The van der Waals surface area contributed by atoms with E-state index >= 15 is 0 Å². The molecule has 1 aromatic heterocycles. The second kappa shape index (κ2) is 8.52. The van der Waals surface area contributed by atoms with Gasteiger partial charge < -0.3 is 4.90 Å². The molecule has 0 atom stereocenters. The Morgan fingerprint density at radius 1 is 1.25 bits per heavy atom. The molecule has 7 heteroatoms. The number of para-hydroxylation sites is 1. The average molecular weight is 402 g/mol. The standard InChI is InChI=1S/C21H21ClFN3O2/c1-14-6-3-7-15-20(14)24-13-26(21(15)28)11-5-10-19(27)25(2)12-16-17(22)8-4-9-18(16)23/h3-4,6-9,13H,5,10-12H2,1-2H3. The molecule has 0 fully saturated rings. The van der Waals surface area contributed by atoms with Gasteiger partial charge in [-0.15, -0.1) is 0 Å². The molecule has 5 nitrogen and oxygen atoms in total. The number of carbonyl (C=O) groups is 1. The molecule has 0 bridgehead atoms. The fourth-order valence-corrected chi connectivity index (χ4v) is 3.32. The van der Waals surface area contributed by atoms with Crippen LogP contribution in [0.4, 0.5) is 4.39 Å². The molecule has 0 unspecified atom stereocenters. The van der Waals surface area contributed by atoms with E-state index in [4.69, 9.17) is 11.6 Å². The van der Waals surface area contributed by atoms with Crippen molar-refractivity contribution in [3.8, 4) is 0 Å². The van der Waals surface area contributed by atoms with Gasteiger partial charge in [-0.25, -0.2) is 9.37 Å². The lowest BCUT2D eigenvalue weighted by Crippen LogP contribution is -2.27. The van der Waals surface area contributed by atoms with Crippen LogP contribution in [-0.2, 0) is 17.9 Å². The van der Waals surface area contributed by atoms with E-state index < -0.39 is 5.82 Å². The Morgan fingerprint density at radius 3 is 2.75 bits per heavy atom. The van der Waals surface area contributed by atoms with Gasteiger partial charge in [0.05, 0.1) is 17.2 Å².